The molecule has 0 spiro atoms. The molecule has 0 bridgehead atoms. The Hall–Kier alpha value is -1.79. The second-order valence-electron chi connectivity index (χ2n) is 2.81. The van der Waals surface area contributed by atoms with Crippen LogP contribution in [0.1, 0.15) is 29.3 Å². The fraction of sp³-hybridized carbons (Fsp3) is 0.333. The van der Waals surface area contributed by atoms with Gasteiger partial charge in [0.15, 0.2) is 0 Å². The quantitative estimate of drug-likeness (QED) is 0.641. The molecule has 0 aliphatic carbocycles. The largest absolute Gasteiger partial charge is 0.462 e. The van der Waals surface area contributed by atoms with Crippen LogP contribution in [0.4, 0.5) is 18.9 Å². The number of esters is 1. The number of halogens is 3. The molecule has 0 saturated carbocycles. The van der Waals surface area contributed by atoms with E-state index < -0.39 is 29.5 Å². The number of nitrogens with two attached hydrogens (primary N) is 1. The molecule has 0 saturated heterocycles. The van der Waals surface area contributed by atoms with Crippen molar-refractivity contribution in [1.82, 2.24) is 4.98 Å². The zero-order valence-corrected chi connectivity index (χ0v) is 8.34. The van der Waals surface area contributed by atoms with Crippen LogP contribution in [0, 0.1) is 5.95 Å². The van der Waals surface area contributed by atoms with Crippen LogP contribution in [0.15, 0.2) is 6.20 Å². The summed E-state index contributed by atoms with van der Waals surface area (Å²) in [7, 11) is 0. The van der Waals surface area contributed by atoms with Crippen LogP contribution < -0.4 is 5.73 Å². The van der Waals surface area contributed by atoms with Crippen LogP contribution in [0.3, 0.4) is 0 Å². The Morgan fingerprint density at radius 3 is 2.75 bits per heavy atom. The van der Waals surface area contributed by atoms with E-state index in [9.17, 15) is 18.0 Å². The average molecular weight is 234 g/mol. The number of nitrogen functional groups attached to an aromatic ring is 1. The predicted molar refractivity (Wildman–Crippen MR) is 49.5 cm³/mol. The van der Waals surface area contributed by atoms with E-state index in [1.165, 1.54) is 6.92 Å². The molecular formula is C9H9F3N2O2. The molecule has 0 aliphatic rings. The van der Waals surface area contributed by atoms with Crippen molar-refractivity contribution in [2.75, 3.05) is 12.3 Å². The van der Waals surface area contributed by atoms with E-state index in [0.29, 0.717) is 0 Å². The first kappa shape index (κ1) is 12.3. The molecule has 0 aliphatic heterocycles. The van der Waals surface area contributed by atoms with Crippen molar-refractivity contribution in [3.05, 3.63) is 23.3 Å². The van der Waals surface area contributed by atoms with Gasteiger partial charge in [-0.25, -0.2) is 18.6 Å². The number of nitrogens with zero attached hydrogens (tertiary/aromatic N) is 1. The summed E-state index contributed by atoms with van der Waals surface area (Å²) in [6, 6.07) is 0. The van der Waals surface area contributed by atoms with Gasteiger partial charge < -0.3 is 10.5 Å². The van der Waals surface area contributed by atoms with E-state index >= 15 is 0 Å². The molecule has 1 aromatic heterocycles. The van der Waals surface area contributed by atoms with Crippen LogP contribution in [-0.2, 0) is 4.74 Å². The smallest absolute Gasteiger partial charge is 0.340 e. The SMILES string of the molecule is CCOC(=O)c1c(N)cnc(F)c1C(F)F. The van der Waals surface area contributed by atoms with Crippen LogP contribution in [0.25, 0.3) is 0 Å². The molecule has 4 nitrogen and oxygen atoms in total. The van der Waals surface area contributed by atoms with Gasteiger partial charge in [-0.3, -0.25) is 0 Å². The molecule has 88 valence electrons. The van der Waals surface area contributed by atoms with Gasteiger partial charge in [-0.05, 0) is 6.92 Å². The average Bonchev–Trinajstić information content (AvgIpc) is 2.20. The molecule has 0 unspecified atom stereocenters. The highest BCUT2D eigenvalue weighted by Gasteiger charge is 2.27. The Kier molecular flexibility index (Phi) is 3.70. The maximum absolute atomic E-state index is 13.0. The molecule has 0 atom stereocenters. The summed E-state index contributed by atoms with van der Waals surface area (Å²) in [6.07, 6.45) is -2.39. The number of pyridine rings is 1. The fourth-order valence-corrected chi connectivity index (χ4v) is 1.15. The second kappa shape index (κ2) is 4.82. The van der Waals surface area contributed by atoms with Gasteiger partial charge in [0.1, 0.15) is 0 Å². The Morgan fingerprint density at radius 1 is 1.62 bits per heavy atom. The predicted octanol–water partition coefficient (Wildman–Crippen LogP) is 1.92. The lowest BCUT2D eigenvalue weighted by Crippen LogP contribution is -2.14. The number of aromatic nitrogens is 1. The summed E-state index contributed by atoms with van der Waals surface area (Å²) >= 11 is 0. The van der Waals surface area contributed by atoms with Crippen LogP contribution in [-0.4, -0.2) is 17.6 Å². The first-order valence-corrected chi connectivity index (χ1v) is 4.38. The third-order valence-corrected chi connectivity index (χ3v) is 1.80. The number of hydrogen-bond donors (Lipinski definition) is 1. The summed E-state index contributed by atoms with van der Waals surface area (Å²) in [6.45, 7) is 1.47. The number of hydrogen-bond acceptors (Lipinski definition) is 4. The zero-order valence-electron chi connectivity index (χ0n) is 8.34. The highest BCUT2D eigenvalue weighted by Crippen LogP contribution is 2.28. The zero-order chi connectivity index (χ0) is 12.3. The lowest BCUT2D eigenvalue weighted by molar-refractivity contribution is 0.0514. The molecular weight excluding hydrogens is 225 g/mol. The van der Waals surface area contributed by atoms with E-state index in [1.54, 1.807) is 0 Å². The maximum Gasteiger partial charge on any atom is 0.340 e. The monoisotopic (exact) mass is 234 g/mol. The topological polar surface area (TPSA) is 65.2 Å². The highest BCUT2D eigenvalue weighted by molar-refractivity contribution is 5.96. The molecule has 0 radical (unpaired) electrons. The minimum absolute atomic E-state index is 0.0229. The Bertz CT molecular complexity index is 410. The van der Waals surface area contributed by atoms with Gasteiger partial charge in [-0.15, -0.1) is 0 Å². The van der Waals surface area contributed by atoms with Gasteiger partial charge in [-0.2, -0.15) is 4.39 Å². The molecule has 2 N–H and O–H groups in total. The molecule has 7 heteroatoms. The molecule has 0 amide bonds. The van der Waals surface area contributed by atoms with Crippen molar-refractivity contribution in [2.24, 2.45) is 0 Å². The summed E-state index contributed by atoms with van der Waals surface area (Å²) < 4.78 is 42.6. The van der Waals surface area contributed by atoms with Gasteiger partial charge in [0, 0.05) is 0 Å². The van der Waals surface area contributed by atoms with Crippen molar-refractivity contribution < 1.29 is 22.7 Å². The molecule has 1 heterocycles. The van der Waals surface area contributed by atoms with Crippen molar-refractivity contribution >= 4 is 11.7 Å². The van der Waals surface area contributed by atoms with Gasteiger partial charge in [-0.1, -0.05) is 0 Å². The van der Waals surface area contributed by atoms with E-state index in [1.807, 2.05) is 0 Å². The van der Waals surface area contributed by atoms with Crippen LogP contribution in [0.2, 0.25) is 0 Å². The number of anilines is 1. The standard InChI is InChI=1S/C9H9F3N2O2/c1-2-16-9(15)5-4(13)3-14-8(12)6(5)7(10)11/h3,7H,2,13H2,1H3. The first-order valence-electron chi connectivity index (χ1n) is 4.38. The normalized spacial score (nSPS) is 10.6. The number of carbonyl (C=O) groups excluding carboxylic acids is 1. The number of alkyl halides is 2. The van der Waals surface area contributed by atoms with Gasteiger partial charge in [0.25, 0.3) is 6.43 Å². The summed E-state index contributed by atoms with van der Waals surface area (Å²) in [4.78, 5) is 14.3. The molecule has 0 aromatic carbocycles. The third kappa shape index (κ3) is 2.23. The van der Waals surface area contributed by atoms with Gasteiger partial charge in [0.2, 0.25) is 5.95 Å². The molecule has 16 heavy (non-hydrogen) atoms. The van der Waals surface area contributed by atoms with E-state index in [4.69, 9.17) is 5.73 Å². The number of rotatable bonds is 3. The highest BCUT2D eigenvalue weighted by atomic mass is 19.3. The van der Waals surface area contributed by atoms with E-state index in [-0.39, 0.29) is 12.3 Å². The van der Waals surface area contributed by atoms with Crippen molar-refractivity contribution in [2.45, 2.75) is 13.3 Å². The Morgan fingerprint density at radius 2 is 2.25 bits per heavy atom. The minimum Gasteiger partial charge on any atom is -0.462 e. The Balaban J connectivity index is 3.34. The van der Waals surface area contributed by atoms with Crippen LogP contribution in [0.5, 0.6) is 0 Å². The summed E-state index contributed by atoms with van der Waals surface area (Å²) in [5.41, 5.74) is 3.17. The summed E-state index contributed by atoms with van der Waals surface area (Å²) in [5.74, 6) is -2.51. The van der Waals surface area contributed by atoms with Crippen molar-refractivity contribution in [3.8, 4) is 0 Å². The van der Waals surface area contributed by atoms with Crippen molar-refractivity contribution in [3.63, 3.8) is 0 Å². The molecule has 1 aromatic rings. The second-order valence-corrected chi connectivity index (χ2v) is 2.81. The fourth-order valence-electron chi connectivity index (χ4n) is 1.15. The lowest BCUT2D eigenvalue weighted by Gasteiger charge is -2.10. The minimum atomic E-state index is -3.18. The van der Waals surface area contributed by atoms with Gasteiger partial charge in [0.05, 0.1) is 29.6 Å². The van der Waals surface area contributed by atoms with Gasteiger partial charge >= 0.3 is 5.97 Å². The maximum atomic E-state index is 13.0. The lowest BCUT2D eigenvalue weighted by atomic mass is 10.1. The Labute approximate surface area is 89.2 Å². The molecule has 1 rings (SSSR count). The molecule has 0 fully saturated rings. The summed E-state index contributed by atoms with van der Waals surface area (Å²) in [5, 5.41) is 0. The third-order valence-electron chi connectivity index (χ3n) is 1.80. The number of ether oxygens (including phenoxy) is 1. The first-order chi connectivity index (χ1) is 7.49. The van der Waals surface area contributed by atoms with Crippen molar-refractivity contribution in [1.29, 1.82) is 0 Å². The van der Waals surface area contributed by atoms with E-state index in [2.05, 4.69) is 9.72 Å². The van der Waals surface area contributed by atoms with Crippen LogP contribution >= 0.6 is 0 Å². The number of carbonyl (C=O) groups is 1. The van der Waals surface area contributed by atoms with E-state index in [0.717, 1.165) is 6.20 Å².